The van der Waals surface area contributed by atoms with E-state index in [1.807, 2.05) is 47.7 Å². The normalized spacial score (nSPS) is 14.9. The number of aryl methyl sites for hydroxylation is 1. The molecule has 0 spiro atoms. The quantitative estimate of drug-likeness (QED) is 0.739. The van der Waals surface area contributed by atoms with Gasteiger partial charge in [-0.1, -0.05) is 19.1 Å². The smallest absolute Gasteiger partial charge is 0.256 e. The highest BCUT2D eigenvalue weighted by Crippen LogP contribution is 2.28. The van der Waals surface area contributed by atoms with E-state index in [2.05, 4.69) is 17.6 Å². The third-order valence-electron chi connectivity index (χ3n) is 5.45. The van der Waals surface area contributed by atoms with Crippen LogP contribution in [0.2, 0.25) is 0 Å². The van der Waals surface area contributed by atoms with Gasteiger partial charge in [-0.3, -0.25) is 9.59 Å². The summed E-state index contributed by atoms with van der Waals surface area (Å²) in [5.74, 6) is 0.527. The molecule has 2 heterocycles. The van der Waals surface area contributed by atoms with Crippen molar-refractivity contribution in [1.82, 2.24) is 10.2 Å². The van der Waals surface area contributed by atoms with E-state index in [1.165, 1.54) is 16.9 Å². The average molecular weight is 400 g/mol. The zero-order valence-electron chi connectivity index (χ0n) is 16.7. The number of carbonyl (C=O) groups is 2. The van der Waals surface area contributed by atoms with Crippen LogP contribution in [0.1, 0.15) is 52.5 Å². The number of anilines is 1. The Morgan fingerprint density at radius 2 is 1.86 bits per heavy atom. The van der Waals surface area contributed by atoms with Gasteiger partial charge in [0.2, 0.25) is 0 Å². The molecule has 3 rings (SSSR count). The van der Waals surface area contributed by atoms with Gasteiger partial charge in [0.1, 0.15) is 5.00 Å². The Balaban J connectivity index is 1.61. The minimum Gasteiger partial charge on any atom is -0.339 e. The zero-order chi connectivity index (χ0) is 19.9. The third kappa shape index (κ3) is 5.00. The fourth-order valence-corrected chi connectivity index (χ4v) is 4.36. The lowest BCUT2D eigenvalue weighted by molar-refractivity contribution is 0.0688. The molecule has 1 aliphatic rings. The van der Waals surface area contributed by atoms with Gasteiger partial charge < -0.3 is 15.5 Å². The van der Waals surface area contributed by atoms with Gasteiger partial charge >= 0.3 is 0 Å². The van der Waals surface area contributed by atoms with Crippen LogP contribution in [0.25, 0.3) is 0 Å². The third-order valence-corrected chi connectivity index (χ3v) is 6.28. The molecule has 6 heteroatoms. The molecule has 0 atom stereocenters. The predicted octanol–water partition coefficient (Wildman–Crippen LogP) is 4.02. The van der Waals surface area contributed by atoms with E-state index in [1.54, 1.807) is 0 Å². The van der Waals surface area contributed by atoms with Crippen molar-refractivity contribution in [1.29, 1.82) is 0 Å². The highest BCUT2D eigenvalue weighted by Gasteiger charge is 2.26. The SMILES string of the molecule is CCc1ccc(C(=O)Nc2sccc2C(=O)N2CCC(CCNC)CC2)cc1. The van der Waals surface area contributed by atoms with Gasteiger partial charge in [0.15, 0.2) is 0 Å². The first kappa shape index (κ1) is 20.6. The standard InChI is InChI=1S/C22H29N3O2S/c1-3-16-4-6-18(7-5-16)20(26)24-21-19(11-15-28-21)22(27)25-13-9-17(10-14-25)8-12-23-2/h4-7,11,15,17,23H,3,8-10,12-14H2,1-2H3,(H,24,26). The highest BCUT2D eigenvalue weighted by molar-refractivity contribution is 7.14. The summed E-state index contributed by atoms with van der Waals surface area (Å²) in [6, 6.07) is 9.41. The molecule has 1 saturated heterocycles. The number of benzene rings is 1. The lowest BCUT2D eigenvalue weighted by atomic mass is 9.93. The molecule has 1 aromatic carbocycles. The van der Waals surface area contributed by atoms with E-state index in [4.69, 9.17) is 0 Å². The second-order valence-electron chi connectivity index (χ2n) is 7.30. The molecule has 0 saturated carbocycles. The van der Waals surface area contributed by atoms with Crippen LogP contribution >= 0.6 is 11.3 Å². The molecule has 0 aliphatic carbocycles. The van der Waals surface area contributed by atoms with Gasteiger partial charge in [-0.25, -0.2) is 0 Å². The average Bonchev–Trinajstić information content (AvgIpc) is 3.20. The van der Waals surface area contributed by atoms with E-state index in [0.717, 1.165) is 45.3 Å². The first-order valence-corrected chi connectivity index (χ1v) is 10.9. The minimum absolute atomic E-state index is 0.0185. The summed E-state index contributed by atoms with van der Waals surface area (Å²) in [6.07, 6.45) is 4.19. The highest BCUT2D eigenvalue weighted by atomic mass is 32.1. The van der Waals surface area contributed by atoms with E-state index in [-0.39, 0.29) is 11.8 Å². The number of likely N-dealkylation sites (tertiary alicyclic amines) is 1. The topological polar surface area (TPSA) is 61.4 Å². The van der Waals surface area contributed by atoms with Crippen LogP contribution in [0.5, 0.6) is 0 Å². The Morgan fingerprint density at radius 1 is 1.14 bits per heavy atom. The summed E-state index contributed by atoms with van der Waals surface area (Å²) in [5.41, 5.74) is 2.40. The molecule has 2 N–H and O–H groups in total. The van der Waals surface area contributed by atoms with Crippen LogP contribution in [-0.4, -0.2) is 43.4 Å². The summed E-state index contributed by atoms with van der Waals surface area (Å²) in [7, 11) is 1.98. The summed E-state index contributed by atoms with van der Waals surface area (Å²) in [4.78, 5) is 27.5. The van der Waals surface area contributed by atoms with Gasteiger partial charge in [0.05, 0.1) is 5.56 Å². The second-order valence-corrected chi connectivity index (χ2v) is 8.21. The number of hydrogen-bond acceptors (Lipinski definition) is 4. The molecule has 1 fully saturated rings. The fraction of sp³-hybridized carbons (Fsp3) is 0.455. The summed E-state index contributed by atoms with van der Waals surface area (Å²) >= 11 is 1.40. The first-order valence-electron chi connectivity index (χ1n) is 10.0. The number of amides is 2. The lowest BCUT2D eigenvalue weighted by Crippen LogP contribution is -2.39. The summed E-state index contributed by atoms with van der Waals surface area (Å²) < 4.78 is 0. The maximum absolute atomic E-state index is 13.0. The molecule has 2 aromatic rings. The molecular formula is C22H29N3O2S. The molecule has 0 radical (unpaired) electrons. The van der Waals surface area contributed by atoms with Crippen molar-refractivity contribution in [3.05, 3.63) is 52.4 Å². The Hall–Kier alpha value is -2.18. The van der Waals surface area contributed by atoms with Gasteiger partial charge in [0, 0.05) is 18.7 Å². The van der Waals surface area contributed by atoms with Crippen molar-refractivity contribution in [3.8, 4) is 0 Å². The molecule has 5 nitrogen and oxygen atoms in total. The molecule has 1 aromatic heterocycles. The van der Waals surface area contributed by atoms with Crippen molar-refractivity contribution in [2.45, 2.75) is 32.6 Å². The Labute approximate surface area is 171 Å². The number of nitrogens with zero attached hydrogens (tertiary/aromatic N) is 1. The number of thiophene rings is 1. The molecule has 150 valence electrons. The van der Waals surface area contributed by atoms with Crippen LogP contribution in [0, 0.1) is 5.92 Å². The summed E-state index contributed by atoms with van der Waals surface area (Å²) in [6.45, 7) is 4.69. The number of carbonyl (C=O) groups excluding carboxylic acids is 2. The predicted molar refractivity (Wildman–Crippen MR) is 115 cm³/mol. The van der Waals surface area contributed by atoms with Gasteiger partial charge in [-0.2, -0.15) is 0 Å². The van der Waals surface area contributed by atoms with Crippen LogP contribution in [0.4, 0.5) is 5.00 Å². The van der Waals surface area contributed by atoms with Crippen LogP contribution < -0.4 is 10.6 Å². The first-order chi connectivity index (χ1) is 13.6. The Bertz CT molecular complexity index is 792. The molecule has 0 bridgehead atoms. The van der Waals surface area contributed by atoms with E-state index in [0.29, 0.717) is 22.0 Å². The summed E-state index contributed by atoms with van der Waals surface area (Å²) in [5, 5.41) is 8.62. The monoisotopic (exact) mass is 399 g/mol. The van der Waals surface area contributed by atoms with E-state index < -0.39 is 0 Å². The van der Waals surface area contributed by atoms with Crippen molar-refractivity contribution in [2.24, 2.45) is 5.92 Å². The largest absolute Gasteiger partial charge is 0.339 e. The maximum atomic E-state index is 13.0. The number of hydrogen-bond donors (Lipinski definition) is 2. The second kappa shape index (κ2) is 9.85. The maximum Gasteiger partial charge on any atom is 0.256 e. The Kier molecular flexibility index (Phi) is 7.23. The van der Waals surface area contributed by atoms with Crippen LogP contribution in [0.3, 0.4) is 0 Å². The van der Waals surface area contributed by atoms with E-state index >= 15 is 0 Å². The Morgan fingerprint density at radius 3 is 2.50 bits per heavy atom. The minimum atomic E-state index is -0.176. The lowest BCUT2D eigenvalue weighted by Gasteiger charge is -2.32. The number of rotatable bonds is 7. The van der Waals surface area contributed by atoms with Crippen molar-refractivity contribution < 1.29 is 9.59 Å². The van der Waals surface area contributed by atoms with Gasteiger partial charge in [0.25, 0.3) is 11.8 Å². The molecular weight excluding hydrogens is 370 g/mol. The van der Waals surface area contributed by atoms with Crippen molar-refractivity contribution in [2.75, 3.05) is 32.0 Å². The zero-order valence-corrected chi connectivity index (χ0v) is 17.5. The van der Waals surface area contributed by atoms with Gasteiger partial charge in [-0.15, -0.1) is 11.3 Å². The van der Waals surface area contributed by atoms with Crippen LogP contribution in [0.15, 0.2) is 35.7 Å². The van der Waals surface area contributed by atoms with Crippen molar-refractivity contribution >= 4 is 28.2 Å². The molecule has 2 amide bonds. The van der Waals surface area contributed by atoms with Gasteiger partial charge in [-0.05, 0) is 74.3 Å². The number of nitrogens with one attached hydrogen (secondary N) is 2. The molecule has 0 unspecified atom stereocenters. The molecule has 28 heavy (non-hydrogen) atoms. The van der Waals surface area contributed by atoms with E-state index in [9.17, 15) is 9.59 Å². The molecule has 1 aliphatic heterocycles. The number of piperidine rings is 1. The fourth-order valence-electron chi connectivity index (χ4n) is 3.59. The van der Waals surface area contributed by atoms with Crippen LogP contribution in [-0.2, 0) is 6.42 Å². The van der Waals surface area contributed by atoms with Crippen molar-refractivity contribution in [3.63, 3.8) is 0 Å².